The Morgan fingerprint density at radius 3 is 2.24 bits per heavy atom. The first-order valence-corrected chi connectivity index (χ1v) is 8.75. The highest BCUT2D eigenvalue weighted by Gasteiger charge is 2.30. The molecule has 0 saturated carbocycles. The van der Waals surface area contributed by atoms with Gasteiger partial charge < -0.3 is 20.9 Å². The first kappa shape index (κ1) is 25.0. The normalized spacial score (nSPS) is 12.8. The van der Waals surface area contributed by atoms with Gasteiger partial charge in [0.1, 0.15) is 5.75 Å². The number of nitrogens with zero attached hydrogens (tertiary/aromatic N) is 1. The number of aliphatic imine (C=N–C) groups is 1. The number of nitrogens with one attached hydrogen (secondary N) is 1. The van der Waals surface area contributed by atoms with E-state index in [9.17, 15) is 18.3 Å². The molecule has 0 aromatic heterocycles. The molecule has 2 aromatic carbocycles. The van der Waals surface area contributed by atoms with Gasteiger partial charge >= 0.3 is 6.36 Å². The van der Waals surface area contributed by atoms with Gasteiger partial charge in [0.2, 0.25) is 0 Å². The molecule has 2 aromatic rings. The summed E-state index contributed by atoms with van der Waals surface area (Å²) >= 11 is 0. The molecule has 0 fully saturated rings. The third kappa shape index (κ3) is 9.35. The number of halogens is 4. The van der Waals surface area contributed by atoms with Crippen molar-refractivity contribution in [3.8, 4) is 5.75 Å². The van der Waals surface area contributed by atoms with Crippen LogP contribution < -0.4 is 15.8 Å². The maximum Gasteiger partial charge on any atom is 0.573 e. The van der Waals surface area contributed by atoms with Crippen molar-refractivity contribution in [3.63, 3.8) is 0 Å². The molecule has 29 heavy (non-hydrogen) atoms. The summed E-state index contributed by atoms with van der Waals surface area (Å²) in [4.78, 5) is 4.26. The molecule has 0 aliphatic carbocycles. The smallest absolute Gasteiger partial charge is 0.406 e. The van der Waals surface area contributed by atoms with E-state index in [4.69, 9.17) is 5.73 Å². The van der Waals surface area contributed by atoms with Crippen LogP contribution in [0, 0.1) is 19.8 Å². The maximum absolute atomic E-state index is 12.2. The van der Waals surface area contributed by atoms with Crippen LogP contribution in [0.3, 0.4) is 0 Å². The van der Waals surface area contributed by atoms with Crippen molar-refractivity contribution in [2.24, 2.45) is 16.6 Å². The number of hydrogen-bond acceptors (Lipinski definition) is 3. The zero-order chi connectivity index (χ0) is 20.7. The van der Waals surface area contributed by atoms with Gasteiger partial charge in [-0.25, -0.2) is 0 Å². The fourth-order valence-electron chi connectivity index (χ4n) is 2.81. The largest absolute Gasteiger partial charge is 0.573 e. The fraction of sp³-hybridized carbons (Fsp3) is 0.350. The summed E-state index contributed by atoms with van der Waals surface area (Å²) in [6, 6.07) is 11.5. The molecule has 0 saturated heterocycles. The monoisotopic (exact) mass is 523 g/mol. The van der Waals surface area contributed by atoms with E-state index in [0.29, 0.717) is 6.42 Å². The topological polar surface area (TPSA) is 79.9 Å². The zero-order valence-corrected chi connectivity index (χ0v) is 18.5. The Labute approximate surface area is 185 Å². The second-order valence-electron chi connectivity index (χ2n) is 6.67. The number of aryl methyl sites for hydroxylation is 2. The molecule has 1 atom stereocenters. The van der Waals surface area contributed by atoms with E-state index < -0.39 is 6.36 Å². The van der Waals surface area contributed by atoms with E-state index >= 15 is 0 Å². The van der Waals surface area contributed by atoms with E-state index in [-0.39, 0.29) is 54.8 Å². The SMILES string of the molecule is Cc1cc(C)cc(NC(N)=NCC(CO)Cc2ccc(OC(F)(F)F)cc2)c1.I. The molecule has 5 nitrogen and oxygen atoms in total. The number of hydrogen-bond donors (Lipinski definition) is 3. The molecule has 160 valence electrons. The predicted molar refractivity (Wildman–Crippen MR) is 119 cm³/mol. The number of ether oxygens (including phenoxy) is 1. The van der Waals surface area contributed by atoms with Gasteiger partial charge in [0.05, 0.1) is 0 Å². The third-order valence-corrected chi connectivity index (χ3v) is 3.95. The lowest BCUT2D eigenvalue weighted by Crippen LogP contribution is -2.25. The van der Waals surface area contributed by atoms with Crippen LogP contribution in [-0.4, -0.2) is 30.6 Å². The summed E-state index contributed by atoms with van der Waals surface area (Å²) < 4.78 is 40.4. The summed E-state index contributed by atoms with van der Waals surface area (Å²) in [5.41, 5.74) is 9.71. The highest BCUT2D eigenvalue weighted by Crippen LogP contribution is 2.23. The molecule has 0 heterocycles. The molecule has 1 unspecified atom stereocenters. The van der Waals surface area contributed by atoms with Gasteiger partial charge in [0, 0.05) is 24.8 Å². The summed E-state index contributed by atoms with van der Waals surface area (Å²) in [5, 5.41) is 12.6. The molecular formula is C20H25F3IN3O2. The molecule has 0 aliphatic heterocycles. The van der Waals surface area contributed by atoms with Crippen molar-refractivity contribution >= 4 is 35.6 Å². The Hall–Kier alpha value is -2.01. The zero-order valence-electron chi connectivity index (χ0n) is 16.2. The first-order chi connectivity index (χ1) is 13.1. The van der Waals surface area contributed by atoms with Crippen LogP contribution in [0.2, 0.25) is 0 Å². The molecule has 0 aliphatic rings. The van der Waals surface area contributed by atoms with Crippen LogP contribution in [0.1, 0.15) is 16.7 Å². The second kappa shape index (κ2) is 11.2. The Bertz CT molecular complexity index is 791. The summed E-state index contributed by atoms with van der Waals surface area (Å²) in [5.74, 6) is -0.261. The van der Waals surface area contributed by atoms with Crippen molar-refractivity contribution < 1.29 is 23.0 Å². The van der Waals surface area contributed by atoms with E-state index in [1.807, 2.05) is 32.0 Å². The molecular weight excluding hydrogens is 498 g/mol. The second-order valence-corrected chi connectivity index (χ2v) is 6.67. The predicted octanol–water partition coefficient (Wildman–Crippen LogP) is 4.40. The van der Waals surface area contributed by atoms with Crippen molar-refractivity contribution in [2.75, 3.05) is 18.5 Å². The summed E-state index contributed by atoms with van der Waals surface area (Å²) in [7, 11) is 0. The Balaban J connectivity index is 0.00000420. The Kier molecular flexibility index (Phi) is 9.71. The standard InChI is InChI=1S/C20H24F3N3O2.HI/c1-13-7-14(2)9-17(8-13)26-19(24)25-11-16(12-27)10-15-3-5-18(6-4-15)28-20(21,22)23;/h3-9,16,27H,10-12H2,1-2H3,(H3,24,25,26);1H. The number of anilines is 1. The maximum atomic E-state index is 12.2. The summed E-state index contributed by atoms with van der Waals surface area (Å²) in [6.45, 7) is 4.12. The Morgan fingerprint density at radius 1 is 1.14 bits per heavy atom. The van der Waals surface area contributed by atoms with Gasteiger partial charge in [0.25, 0.3) is 0 Å². The highest BCUT2D eigenvalue weighted by molar-refractivity contribution is 14.0. The molecule has 0 radical (unpaired) electrons. The van der Waals surface area contributed by atoms with Crippen molar-refractivity contribution in [1.29, 1.82) is 0 Å². The quantitative estimate of drug-likeness (QED) is 0.286. The van der Waals surface area contributed by atoms with Crippen LogP contribution in [0.25, 0.3) is 0 Å². The fourth-order valence-corrected chi connectivity index (χ4v) is 2.81. The van der Waals surface area contributed by atoms with Crippen LogP contribution in [0.4, 0.5) is 18.9 Å². The van der Waals surface area contributed by atoms with Gasteiger partial charge in [-0.05, 0) is 61.2 Å². The van der Waals surface area contributed by atoms with E-state index in [2.05, 4.69) is 15.0 Å². The van der Waals surface area contributed by atoms with Gasteiger partial charge in [0.15, 0.2) is 5.96 Å². The number of rotatable bonds is 7. The van der Waals surface area contributed by atoms with E-state index in [1.54, 1.807) is 0 Å². The average molecular weight is 523 g/mol. The number of nitrogens with two attached hydrogens (primary N) is 1. The van der Waals surface area contributed by atoms with Gasteiger partial charge in [-0.1, -0.05) is 18.2 Å². The third-order valence-electron chi connectivity index (χ3n) is 3.95. The molecule has 0 amide bonds. The van der Waals surface area contributed by atoms with Crippen LogP contribution in [0.15, 0.2) is 47.5 Å². The van der Waals surface area contributed by atoms with Crippen LogP contribution >= 0.6 is 24.0 Å². The number of aliphatic hydroxyl groups excluding tert-OH is 1. The van der Waals surface area contributed by atoms with E-state index in [0.717, 1.165) is 22.4 Å². The number of guanidine groups is 1. The Morgan fingerprint density at radius 2 is 1.72 bits per heavy atom. The number of alkyl halides is 3. The lowest BCUT2D eigenvalue weighted by atomic mass is 10.0. The molecule has 4 N–H and O–H groups in total. The average Bonchev–Trinajstić information content (AvgIpc) is 2.57. The highest BCUT2D eigenvalue weighted by atomic mass is 127. The number of benzene rings is 2. The summed E-state index contributed by atoms with van der Waals surface area (Å²) in [6.07, 6.45) is -4.27. The van der Waals surface area contributed by atoms with Gasteiger partial charge in [-0.2, -0.15) is 0 Å². The minimum absolute atomic E-state index is 0. The minimum Gasteiger partial charge on any atom is -0.406 e. The lowest BCUT2D eigenvalue weighted by Gasteiger charge is -2.14. The van der Waals surface area contributed by atoms with Crippen LogP contribution in [-0.2, 0) is 6.42 Å². The van der Waals surface area contributed by atoms with Gasteiger partial charge in [-0.3, -0.25) is 4.99 Å². The van der Waals surface area contributed by atoms with Crippen LogP contribution in [0.5, 0.6) is 5.75 Å². The number of aliphatic hydroxyl groups is 1. The molecule has 9 heteroatoms. The first-order valence-electron chi connectivity index (χ1n) is 8.75. The molecule has 0 bridgehead atoms. The van der Waals surface area contributed by atoms with Crippen molar-refractivity contribution in [3.05, 3.63) is 59.2 Å². The molecule has 0 spiro atoms. The van der Waals surface area contributed by atoms with Crippen molar-refractivity contribution in [1.82, 2.24) is 0 Å². The minimum atomic E-state index is -4.72. The van der Waals surface area contributed by atoms with Gasteiger partial charge in [-0.15, -0.1) is 37.1 Å². The van der Waals surface area contributed by atoms with Crippen molar-refractivity contribution in [2.45, 2.75) is 26.6 Å². The molecule has 2 rings (SSSR count). The lowest BCUT2D eigenvalue weighted by molar-refractivity contribution is -0.274. The van der Waals surface area contributed by atoms with E-state index in [1.165, 1.54) is 24.3 Å².